The van der Waals surface area contributed by atoms with Gasteiger partial charge in [-0.05, 0) is 24.3 Å². The van der Waals surface area contributed by atoms with Gasteiger partial charge < -0.3 is 9.64 Å². The molecule has 1 aromatic heterocycles. The van der Waals surface area contributed by atoms with Crippen molar-refractivity contribution < 1.29 is 19.1 Å². The summed E-state index contributed by atoms with van der Waals surface area (Å²) in [6.07, 6.45) is 1.32. The van der Waals surface area contributed by atoms with Gasteiger partial charge in [0, 0.05) is 12.1 Å². The zero-order valence-electron chi connectivity index (χ0n) is 13.0. The molecule has 2 heterocycles. The third-order valence-corrected chi connectivity index (χ3v) is 4.82. The van der Waals surface area contributed by atoms with Crippen molar-refractivity contribution in [1.29, 1.82) is 0 Å². The molecule has 6 heteroatoms. The van der Waals surface area contributed by atoms with E-state index in [1.165, 1.54) is 11.3 Å². The smallest absolute Gasteiger partial charge is 0.329 e. The zero-order valence-corrected chi connectivity index (χ0v) is 13.8. The number of esters is 1. The van der Waals surface area contributed by atoms with Gasteiger partial charge in [-0.15, -0.1) is 11.3 Å². The van der Waals surface area contributed by atoms with Gasteiger partial charge in [0.25, 0.3) is 5.91 Å². The largest absolute Gasteiger partial charge is 0.456 e. The summed E-state index contributed by atoms with van der Waals surface area (Å²) in [6, 6.07) is 11.6. The molecule has 1 aliphatic heterocycles. The van der Waals surface area contributed by atoms with Gasteiger partial charge in [0.15, 0.2) is 12.4 Å². The van der Waals surface area contributed by atoms with Crippen LogP contribution in [-0.4, -0.2) is 41.8 Å². The van der Waals surface area contributed by atoms with E-state index in [1.54, 1.807) is 41.3 Å². The van der Waals surface area contributed by atoms with Gasteiger partial charge in [0.1, 0.15) is 6.04 Å². The van der Waals surface area contributed by atoms with Gasteiger partial charge in [0.2, 0.25) is 0 Å². The number of likely N-dealkylation sites (tertiary alicyclic amines) is 1. The van der Waals surface area contributed by atoms with Crippen molar-refractivity contribution >= 4 is 29.0 Å². The molecular formula is C18H17NO4S. The first kappa shape index (κ1) is 16.4. The number of ether oxygens (including phenoxy) is 1. The van der Waals surface area contributed by atoms with E-state index in [-0.39, 0.29) is 18.3 Å². The Kier molecular flexibility index (Phi) is 5.05. The lowest BCUT2D eigenvalue weighted by Crippen LogP contribution is -2.41. The fourth-order valence-electron chi connectivity index (χ4n) is 2.74. The molecule has 0 unspecified atom stereocenters. The van der Waals surface area contributed by atoms with Crippen LogP contribution in [0.15, 0.2) is 47.8 Å². The molecule has 1 atom stereocenters. The molecule has 0 N–H and O–H groups in total. The molecule has 1 saturated heterocycles. The van der Waals surface area contributed by atoms with Crippen LogP contribution in [0.25, 0.3) is 0 Å². The molecule has 0 spiro atoms. The summed E-state index contributed by atoms with van der Waals surface area (Å²) >= 11 is 1.35. The molecule has 1 fully saturated rings. The molecule has 5 nitrogen and oxygen atoms in total. The summed E-state index contributed by atoms with van der Waals surface area (Å²) in [5.74, 6) is -0.918. The van der Waals surface area contributed by atoms with Crippen LogP contribution in [0.5, 0.6) is 0 Å². The van der Waals surface area contributed by atoms with Crippen LogP contribution in [0.4, 0.5) is 0 Å². The van der Waals surface area contributed by atoms with E-state index in [0.717, 1.165) is 6.42 Å². The van der Waals surface area contributed by atoms with Gasteiger partial charge in [-0.25, -0.2) is 4.79 Å². The minimum atomic E-state index is -0.608. The highest BCUT2D eigenvalue weighted by Gasteiger charge is 2.36. The Balaban J connectivity index is 1.60. The lowest BCUT2D eigenvalue weighted by molar-refractivity contribution is -0.147. The summed E-state index contributed by atoms with van der Waals surface area (Å²) in [5.41, 5.74) is 0.503. The topological polar surface area (TPSA) is 63.7 Å². The second-order valence-corrected chi connectivity index (χ2v) is 6.48. The highest BCUT2D eigenvalue weighted by molar-refractivity contribution is 7.12. The minimum absolute atomic E-state index is 0.154. The van der Waals surface area contributed by atoms with Crippen LogP contribution in [0.1, 0.15) is 32.9 Å². The average Bonchev–Trinajstić information content (AvgIpc) is 3.31. The van der Waals surface area contributed by atoms with Crippen molar-refractivity contribution in [2.75, 3.05) is 13.2 Å². The molecule has 3 rings (SSSR count). The molecule has 0 saturated carbocycles. The van der Waals surface area contributed by atoms with Gasteiger partial charge in [-0.1, -0.05) is 36.4 Å². The number of rotatable bonds is 5. The molecule has 24 heavy (non-hydrogen) atoms. The van der Waals surface area contributed by atoms with Crippen LogP contribution >= 0.6 is 11.3 Å². The van der Waals surface area contributed by atoms with E-state index < -0.39 is 12.0 Å². The molecule has 1 amide bonds. The number of nitrogens with zero attached hydrogens (tertiary/aromatic N) is 1. The zero-order chi connectivity index (χ0) is 16.9. The van der Waals surface area contributed by atoms with Crippen molar-refractivity contribution in [2.45, 2.75) is 18.9 Å². The summed E-state index contributed by atoms with van der Waals surface area (Å²) in [5, 5.41) is 1.83. The summed E-state index contributed by atoms with van der Waals surface area (Å²) in [7, 11) is 0. The predicted molar refractivity (Wildman–Crippen MR) is 90.1 cm³/mol. The van der Waals surface area contributed by atoms with Gasteiger partial charge >= 0.3 is 5.97 Å². The number of hydrogen-bond donors (Lipinski definition) is 0. The molecule has 0 radical (unpaired) electrons. The third kappa shape index (κ3) is 3.54. The summed E-state index contributed by atoms with van der Waals surface area (Å²) in [6.45, 7) is 0.226. The Hall–Kier alpha value is -2.47. The van der Waals surface area contributed by atoms with Crippen LogP contribution in [-0.2, 0) is 9.53 Å². The van der Waals surface area contributed by atoms with Crippen LogP contribution < -0.4 is 0 Å². The monoisotopic (exact) mass is 343 g/mol. The number of thiophene rings is 1. The second-order valence-electron chi connectivity index (χ2n) is 5.53. The second kappa shape index (κ2) is 7.40. The van der Waals surface area contributed by atoms with E-state index in [0.29, 0.717) is 23.4 Å². The van der Waals surface area contributed by atoms with Crippen LogP contribution in [0.2, 0.25) is 0 Å². The highest BCUT2D eigenvalue weighted by Crippen LogP contribution is 2.23. The molecule has 124 valence electrons. The van der Waals surface area contributed by atoms with Crippen LogP contribution in [0, 0.1) is 0 Å². The Bertz CT molecular complexity index is 727. The fraction of sp³-hybridized carbons (Fsp3) is 0.278. The number of amides is 1. The Morgan fingerprint density at radius 1 is 1.12 bits per heavy atom. The molecule has 2 aromatic rings. The fourth-order valence-corrected chi connectivity index (χ4v) is 3.42. The quantitative estimate of drug-likeness (QED) is 0.619. The first-order valence-corrected chi connectivity index (χ1v) is 8.64. The first-order valence-electron chi connectivity index (χ1n) is 7.76. The van der Waals surface area contributed by atoms with Crippen LogP contribution in [0.3, 0.4) is 0 Å². The summed E-state index contributed by atoms with van der Waals surface area (Å²) in [4.78, 5) is 38.9. The number of carbonyl (C=O) groups excluding carboxylic acids is 3. The van der Waals surface area contributed by atoms with Gasteiger partial charge in [-0.3, -0.25) is 9.59 Å². The molecule has 1 aliphatic rings. The predicted octanol–water partition coefficient (Wildman–Crippen LogP) is 2.78. The van der Waals surface area contributed by atoms with Crippen molar-refractivity contribution in [2.24, 2.45) is 0 Å². The van der Waals surface area contributed by atoms with E-state index in [9.17, 15) is 14.4 Å². The molecular weight excluding hydrogens is 326 g/mol. The lowest BCUT2D eigenvalue weighted by atomic mass is 10.1. The molecule has 0 aliphatic carbocycles. The van der Waals surface area contributed by atoms with Crippen molar-refractivity contribution in [3.8, 4) is 0 Å². The lowest BCUT2D eigenvalue weighted by Gasteiger charge is -2.22. The van der Waals surface area contributed by atoms with Gasteiger partial charge in [-0.2, -0.15) is 0 Å². The number of benzene rings is 1. The highest BCUT2D eigenvalue weighted by atomic mass is 32.1. The van der Waals surface area contributed by atoms with E-state index in [4.69, 9.17) is 4.74 Å². The number of Topliss-reactive ketones (excluding diaryl/α,β-unsaturated/α-hetero) is 1. The number of carbonyl (C=O) groups is 3. The Morgan fingerprint density at radius 2 is 1.92 bits per heavy atom. The third-order valence-electron chi connectivity index (χ3n) is 3.96. The van der Waals surface area contributed by atoms with E-state index >= 15 is 0 Å². The standard InChI is InChI=1S/C18H17NO4S/c20-15(13-6-2-1-3-7-13)12-23-18(22)14-8-4-10-19(14)17(21)16-9-5-11-24-16/h1-3,5-7,9,11,14H,4,8,10,12H2/t14-/m1/s1. The van der Waals surface area contributed by atoms with Gasteiger partial charge in [0.05, 0.1) is 4.88 Å². The molecule has 0 bridgehead atoms. The Morgan fingerprint density at radius 3 is 2.62 bits per heavy atom. The number of hydrogen-bond acceptors (Lipinski definition) is 5. The molecule has 1 aromatic carbocycles. The number of ketones is 1. The Labute approximate surface area is 143 Å². The normalized spacial score (nSPS) is 16.8. The average molecular weight is 343 g/mol. The maximum absolute atomic E-state index is 12.4. The summed E-state index contributed by atoms with van der Waals surface area (Å²) < 4.78 is 5.16. The van der Waals surface area contributed by atoms with Crippen molar-refractivity contribution in [3.05, 3.63) is 58.3 Å². The SMILES string of the molecule is O=C(COC(=O)[C@H]1CCCN1C(=O)c1cccs1)c1ccccc1. The van der Waals surface area contributed by atoms with Crippen molar-refractivity contribution in [1.82, 2.24) is 4.90 Å². The maximum atomic E-state index is 12.4. The first-order chi connectivity index (χ1) is 11.7. The van der Waals surface area contributed by atoms with E-state index in [1.807, 2.05) is 11.4 Å². The van der Waals surface area contributed by atoms with Crippen molar-refractivity contribution in [3.63, 3.8) is 0 Å². The maximum Gasteiger partial charge on any atom is 0.329 e. The minimum Gasteiger partial charge on any atom is -0.456 e. The van der Waals surface area contributed by atoms with E-state index in [2.05, 4.69) is 0 Å².